The van der Waals surface area contributed by atoms with Crippen molar-refractivity contribution in [3.05, 3.63) is 71.5 Å². The van der Waals surface area contributed by atoms with E-state index in [0.29, 0.717) is 38.2 Å². The molecule has 3 rings (SSSR count). The van der Waals surface area contributed by atoms with Gasteiger partial charge in [-0.05, 0) is 36.1 Å². The Morgan fingerprint density at radius 1 is 1.20 bits per heavy atom. The lowest BCUT2D eigenvalue weighted by atomic mass is 10.0. The first-order valence-corrected chi connectivity index (χ1v) is 8.51. The molecule has 25 heavy (non-hydrogen) atoms. The van der Waals surface area contributed by atoms with E-state index in [2.05, 4.69) is 0 Å². The van der Waals surface area contributed by atoms with E-state index < -0.39 is 6.10 Å². The number of carbonyl (C=O) groups is 1. The summed E-state index contributed by atoms with van der Waals surface area (Å²) in [6.07, 6.45) is 0.690. The van der Waals surface area contributed by atoms with Gasteiger partial charge in [0, 0.05) is 6.42 Å². The Morgan fingerprint density at radius 3 is 2.64 bits per heavy atom. The number of hydrogen-bond acceptors (Lipinski definition) is 3. The predicted molar refractivity (Wildman–Crippen MR) is 92.1 cm³/mol. The SMILES string of the molecule is O=C(CCC[C@H](O)c1ccc(F)cc1)N1COCC1c1ccccc1. The van der Waals surface area contributed by atoms with Crippen LogP contribution in [0.2, 0.25) is 0 Å². The van der Waals surface area contributed by atoms with Crippen LogP contribution in [0.25, 0.3) is 0 Å². The van der Waals surface area contributed by atoms with Gasteiger partial charge in [-0.2, -0.15) is 0 Å². The molecule has 1 saturated heterocycles. The van der Waals surface area contributed by atoms with Crippen molar-refractivity contribution >= 4 is 5.91 Å². The maximum absolute atomic E-state index is 12.9. The molecule has 1 aliphatic rings. The first-order valence-electron chi connectivity index (χ1n) is 8.51. The lowest BCUT2D eigenvalue weighted by Gasteiger charge is -2.23. The van der Waals surface area contributed by atoms with E-state index in [1.807, 2.05) is 30.3 Å². The van der Waals surface area contributed by atoms with E-state index in [4.69, 9.17) is 4.74 Å². The fourth-order valence-electron chi connectivity index (χ4n) is 3.08. The van der Waals surface area contributed by atoms with Crippen LogP contribution in [-0.2, 0) is 9.53 Å². The van der Waals surface area contributed by atoms with E-state index in [0.717, 1.165) is 5.56 Å². The molecule has 1 fully saturated rings. The summed E-state index contributed by atoms with van der Waals surface area (Å²) in [5, 5.41) is 10.1. The molecule has 2 aromatic carbocycles. The standard InChI is InChI=1S/C20H22FNO3/c21-17-11-9-16(10-12-17)19(23)7-4-8-20(24)22-14-25-13-18(22)15-5-2-1-3-6-15/h1-3,5-6,9-12,18-19,23H,4,7-8,13-14H2/t18?,19-/m0/s1. The van der Waals surface area contributed by atoms with Gasteiger partial charge in [-0.1, -0.05) is 42.5 Å². The Hall–Kier alpha value is -2.24. The van der Waals surface area contributed by atoms with Gasteiger partial charge in [-0.25, -0.2) is 4.39 Å². The predicted octanol–water partition coefficient (Wildman–Crippen LogP) is 3.59. The minimum atomic E-state index is -0.687. The number of halogens is 1. The Labute approximate surface area is 146 Å². The number of rotatable bonds is 6. The second-order valence-electron chi connectivity index (χ2n) is 6.25. The minimum Gasteiger partial charge on any atom is -0.388 e. The van der Waals surface area contributed by atoms with Crippen LogP contribution >= 0.6 is 0 Å². The molecule has 0 aliphatic carbocycles. The Morgan fingerprint density at radius 2 is 1.92 bits per heavy atom. The average molecular weight is 343 g/mol. The third-order valence-electron chi connectivity index (χ3n) is 4.51. The number of ether oxygens (including phenoxy) is 1. The Balaban J connectivity index is 1.51. The molecule has 5 heteroatoms. The molecule has 1 heterocycles. The Kier molecular flexibility index (Phi) is 5.79. The van der Waals surface area contributed by atoms with Crippen LogP contribution in [0.1, 0.15) is 42.5 Å². The lowest BCUT2D eigenvalue weighted by molar-refractivity contribution is -0.133. The number of benzene rings is 2. The summed E-state index contributed by atoms with van der Waals surface area (Å²) in [7, 11) is 0. The molecule has 1 aliphatic heterocycles. The summed E-state index contributed by atoms with van der Waals surface area (Å²) in [6, 6.07) is 15.6. The van der Waals surface area contributed by atoms with Crippen LogP contribution in [0.15, 0.2) is 54.6 Å². The molecule has 2 aromatic rings. The third-order valence-corrected chi connectivity index (χ3v) is 4.51. The summed E-state index contributed by atoms with van der Waals surface area (Å²) < 4.78 is 18.4. The van der Waals surface area contributed by atoms with Crippen molar-refractivity contribution in [1.82, 2.24) is 4.90 Å². The van der Waals surface area contributed by atoms with Crippen LogP contribution in [-0.4, -0.2) is 29.3 Å². The summed E-state index contributed by atoms with van der Waals surface area (Å²) in [6.45, 7) is 0.812. The van der Waals surface area contributed by atoms with E-state index >= 15 is 0 Å². The first kappa shape index (κ1) is 17.6. The first-order chi connectivity index (χ1) is 12.1. The highest BCUT2D eigenvalue weighted by molar-refractivity contribution is 5.76. The monoisotopic (exact) mass is 343 g/mol. The van der Waals surface area contributed by atoms with Crippen LogP contribution in [0.5, 0.6) is 0 Å². The van der Waals surface area contributed by atoms with Gasteiger partial charge in [0.15, 0.2) is 0 Å². The summed E-state index contributed by atoms with van der Waals surface area (Å²) in [4.78, 5) is 14.3. The number of hydrogen-bond donors (Lipinski definition) is 1. The summed E-state index contributed by atoms with van der Waals surface area (Å²) >= 11 is 0. The molecule has 0 saturated carbocycles. The van der Waals surface area contributed by atoms with Gasteiger partial charge in [-0.3, -0.25) is 4.79 Å². The number of carbonyl (C=O) groups excluding carboxylic acids is 1. The van der Waals surface area contributed by atoms with Crippen LogP contribution in [0.4, 0.5) is 4.39 Å². The molecule has 1 amide bonds. The molecule has 132 valence electrons. The lowest BCUT2D eigenvalue weighted by Crippen LogP contribution is -2.31. The normalized spacial score (nSPS) is 18.3. The van der Waals surface area contributed by atoms with Gasteiger partial charge >= 0.3 is 0 Å². The van der Waals surface area contributed by atoms with E-state index in [-0.39, 0.29) is 17.8 Å². The van der Waals surface area contributed by atoms with Gasteiger partial charge in [-0.15, -0.1) is 0 Å². The zero-order valence-electron chi connectivity index (χ0n) is 14.0. The average Bonchev–Trinajstić information content (AvgIpc) is 3.13. The molecule has 0 bridgehead atoms. The number of nitrogens with zero attached hydrogens (tertiary/aromatic N) is 1. The zero-order chi connectivity index (χ0) is 17.6. The fraction of sp³-hybridized carbons (Fsp3) is 0.350. The number of amides is 1. The van der Waals surface area contributed by atoms with Crippen LogP contribution in [0, 0.1) is 5.82 Å². The maximum atomic E-state index is 12.9. The third kappa shape index (κ3) is 4.44. The van der Waals surface area contributed by atoms with Crippen molar-refractivity contribution in [2.24, 2.45) is 0 Å². The Bertz CT molecular complexity index is 690. The molecule has 1 N–H and O–H groups in total. The molecule has 0 spiro atoms. The molecule has 0 radical (unpaired) electrons. The van der Waals surface area contributed by atoms with Crippen molar-refractivity contribution in [3.8, 4) is 0 Å². The van der Waals surface area contributed by atoms with E-state index in [1.54, 1.807) is 17.0 Å². The highest BCUT2D eigenvalue weighted by atomic mass is 19.1. The van der Waals surface area contributed by atoms with Crippen molar-refractivity contribution in [2.45, 2.75) is 31.4 Å². The van der Waals surface area contributed by atoms with Gasteiger partial charge in [0.2, 0.25) is 5.91 Å². The van der Waals surface area contributed by atoms with Crippen molar-refractivity contribution in [2.75, 3.05) is 13.3 Å². The molecule has 1 unspecified atom stereocenters. The van der Waals surface area contributed by atoms with Crippen LogP contribution < -0.4 is 0 Å². The molecular weight excluding hydrogens is 321 g/mol. The van der Waals surface area contributed by atoms with Crippen molar-refractivity contribution in [3.63, 3.8) is 0 Å². The van der Waals surface area contributed by atoms with E-state index in [9.17, 15) is 14.3 Å². The molecule has 0 aromatic heterocycles. The van der Waals surface area contributed by atoms with Gasteiger partial charge in [0.05, 0.1) is 18.8 Å². The fourth-order valence-corrected chi connectivity index (χ4v) is 3.08. The zero-order valence-corrected chi connectivity index (χ0v) is 14.0. The minimum absolute atomic E-state index is 0.0256. The van der Waals surface area contributed by atoms with Crippen molar-refractivity contribution in [1.29, 1.82) is 0 Å². The van der Waals surface area contributed by atoms with Gasteiger partial charge < -0.3 is 14.7 Å². The number of aliphatic hydroxyl groups is 1. The second kappa shape index (κ2) is 8.23. The van der Waals surface area contributed by atoms with Gasteiger partial charge in [0.25, 0.3) is 0 Å². The van der Waals surface area contributed by atoms with Gasteiger partial charge in [0.1, 0.15) is 12.5 Å². The number of aliphatic hydroxyl groups excluding tert-OH is 1. The summed E-state index contributed by atoms with van der Waals surface area (Å²) in [5.74, 6) is -0.301. The highest BCUT2D eigenvalue weighted by Crippen LogP contribution is 2.27. The molecule has 2 atom stereocenters. The maximum Gasteiger partial charge on any atom is 0.224 e. The summed E-state index contributed by atoms with van der Waals surface area (Å²) in [5.41, 5.74) is 1.74. The molecule has 4 nitrogen and oxygen atoms in total. The smallest absolute Gasteiger partial charge is 0.224 e. The van der Waals surface area contributed by atoms with Crippen LogP contribution in [0.3, 0.4) is 0 Å². The second-order valence-corrected chi connectivity index (χ2v) is 6.25. The molecular formula is C20H22FNO3. The highest BCUT2D eigenvalue weighted by Gasteiger charge is 2.30. The quantitative estimate of drug-likeness (QED) is 0.872. The largest absolute Gasteiger partial charge is 0.388 e. The topological polar surface area (TPSA) is 49.8 Å². The van der Waals surface area contributed by atoms with E-state index in [1.165, 1.54) is 12.1 Å². The van der Waals surface area contributed by atoms with Crippen molar-refractivity contribution < 1.29 is 19.0 Å².